The first-order valence-electron chi connectivity index (χ1n) is 4.51. The number of pyridine rings is 1. The Morgan fingerprint density at radius 1 is 1.36 bits per heavy atom. The van der Waals surface area contributed by atoms with Crippen LogP contribution in [0, 0.1) is 0 Å². The third-order valence-corrected chi connectivity index (χ3v) is 2.46. The summed E-state index contributed by atoms with van der Waals surface area (Å²) in [6, 6.07) is 3.82. The van der Waals surface area contributed by atoms with Gasteiger partial charge < -0.3 is 4.90 Å². The quantitative estimate of drug-likeness (QED) is 0.672. The fraction of sp³-hybridized carbons (Fsp3) is 0.333. The lowest BCUT2D eigenvalue weighted by molar-refractivity contribution is 0.274. The van der Waals surface area contributed by atoms with Gasteiger partial charge in [0.25, 0.3) is 0 Å². The number of aromatic nitrogens is 3. The number of nitrogens with zero attached hydrogens (tertiary/aromatic N) is 4. The van der Waals surface area contributed by atoms with Crippen LogP contribution in [0.2, 0.25) is 0 Å². The minimum absolute atomic E-state index is 0.486. The van der Waals surface area contributed by atoms with Crippen molar-refractivity contribution in [2.24, 2.45) is 0 Å². The maximum atomic E-state index is 12.6. The van der Waals surface area contributed by atoms with Crippen molar-refractivity contribution in [3.8, 4) is 0 Å². The molecular weight excluding hydrogens is 183 g/mol. The number of fused-ring (bicyclic) bond motifs is 1. The second kappa shape index (κ2) is 2.67. The molecule has 0 saturated carbocycles. The van der Waals surface area contributed by atoms with E-state index < -0.39 is 6.17 Å². The maximum Gasteiger partial charge on any atom is 0.155 e. The highest BCUT2D eigenvalue weighted by Crippen LogP contribution is 2.22. The summed E-state index contributed by atoms with van der Waals surface area (Å²) in [4.78, 5) is 6.02. The highest BCUT2D eigenvalue weighted by molar-refractivity contribution is 5.52. The Morgan fingerprint density at radius 3 is 3.00 bits per heavy atom. The Labute approximate surface area is 80.0 Å². The molecule has 1 aliphatic rings. The monoisotopic (exact) mass is 192 g/mol. The summed E-state index contributed by atoms with van der Waals surface area (Å²) in [5, 5.41) is 4.02. The van der Waals surface area contributed by atoms with Gasteiger partial charge in [-0.25, -0.2) is 13.9 Å². The summed E-state index contributed by atoms with van der Waals surface area (Å²) in [7, 11) is 0. The van der Waals surface area contributed by atoms with E-state index in [1.807, 2.05) is 23.2 Å². The van der Waals surface area contributed by atoms with Crippen LogP contribution in [0.15, 0.2) is 24.7 Å². The van der Waals surface area contributed by atoms with Crippen molar-refractivity contribution in [3.63, 3.8) is 0 Å². The Bertz CT molecular complexity index is 461. The van der Waals surface area contributed by atoms with Gasteiger partial charge in [0.05, 0.1) is 25.0 Å². The van der Waals surface area contributed by atoms with Crippen LogP contribution >= 0.6 is 0 Å². The van der Waals surface area contributed by atoms with E-state index >= 15 is 0 Å². The highest BCUT2D eigenvalue weighted by atomic mass is 19.1. The molecule has 5 heteroatoms. The number of rotatable bonds is 1. The second-order valence-electron chi connectivity index (χ2n) is 3.45. The van der Waals surface area contributed by atoms with E-state index in [-0.39, 0.29) is 0 Å². The minimum Gasteiger partial charge on any atom is -0.364 e. The molecular formula is C9H9FN4. The van der Waals surface area contributed by atoms with Crippen LogP contribution in [-0.4, -0.2) is 33.9 Å². The molecule has 2 aromatic rings. The molecule has 3 heterocycles. The lowest BCUT2D eigenvalue weighted by atomic mass is 10.2. The molecule has 0 radical (unpaired) electrons. The van der Waals surface area contributed by atoms with Gasteiger partial charge in [-0.3, -0.25) is 0 Å². The second-order valence-corrected chi connectivity index (χ2v) is 3.45. The number of hydrogen-bond acceptors (Lipinski definition) is 3. The Kier molecular flexibility index (Phi) is 1.47. The minimum atomic E-state index is -0.679. The molecule has 2 aromatic heterocycles. The zero-order valence-electron chi connectivity index (χ0n) is 7.47. The standard InChI is InChI=1S/C9H9FN4/c10-7-3-13(4-7)8-1-2-9-11-6-12-14(9)5-8/h1-2,5-7H,3-4H2. The SMILES string of the molecule is FC1CN(c2ccc3ncnn3c2)C1. The van der Waals surface area contributed by atoms with Gasteiger partial charge in [-0.05, 0) is 12.1 Å². The molecule has 0 spiro atoms. The van der Waals surface area contributed by atoms with Crippen molar-refractivity contribution in [2.75, 3.05) is 18.0 Å². The first-order valence-corrected chi connectivity index (χ1v) is 4.51. The average molecular weight is 192 g/mol. The van der Waals surface area contributed by atoms with Gasteiger partial charge in [-0.15, -0.1) is 0 Å². The number of hydrogen-bond donors (Lipinski definition) is 0. The maximum absolute atomic E-state index is 12.6. The van der Waals surface area contributed by atoms with Crippen molar-refractivity contribution < 1.29 is 4.39 Å². The predicted molar refractivity (Wildman–Crippen MR) is 50.1 cm³/mol. The molecule has 72 valence electrons. The molecule has 1 fully saturated rings. The predicted octanol–water partition coefficient (Wildman–Crippen LogP) is 0.887. The summed E-state index contributed by atoms with van der Waals surface area (Å²) in [6.45, 7) is 0.973. The normalized spacial score (nSPS) is 17.4. The van der Waals surface area contributed by atoms with Crippen molar-refractivity contribution in [3.05, 3.63) is 24.7 Å². The molecule has 3 rings (SSSR count). The van der Waals surface area contributed by atoms with Crippen LogP contribution < -0.4 is 4.90 Å². The third kappa shape index (κ3) is 1.05. The van der Waals surface area contributed by atoms with Gasteiger partial charge in [0.15, 0.2) is 5.65 Å². The highest BCUT2D eigenvalue weighted by Gasteiger charge is 2.26. The van der Waals surface area contributed by atoms with Crippen LogP contribution in [0.3, 0.4) is 0 Å². The van der Waals surface area contributed by atoms with Crippen molar-refractivity contribution >= 4 is 11.3 Å². The molecule has 14 heavy (non-hydrogen) atoms. The first-order chi connectivity index (χ1) is 6.83. The third-order valence-electron chi connectivity index (χ3n) is 2.46. The van der Waals surface area contributed by atoms with Gasteiger partial charge >= 0.3 is 0 Å². The molecule has 0 atom stereocenters. The number of alkyl halides is 1. The van der Waals surface area contributed by atoms with Crippen LogP contribution in [0.1, 0.15) is 0 Å². The molecule has 4 nitrogen and oxygen atoms in total. The molecule has 0 amide bonds. The Hall–Kier alpha value is -1.65. The summed E-state index contributed by atoms with van der Waals surface area (Å²) >= 11 is 0. The van der Waals surface area contributed by atoms with E-state index in [4.69, 9.17) is 0 Å². The van der Waals surface area contributed by atoms with Gasteiger partial charge in [0, 0.05) is 0 Å². The number of halogens is 1. The summed E-state index contributed by atoms with van der Waals surface area (Å²) in [5.41, 5.74) is 1.81. The van der Waals surface area contributed by atoms with Gasteiger partial charge in [-0.1, -0.05) is 0 Å². The van der Waals surface area contributed by atoms with Gasteiger partial charge in [-0.2, -0.15) is 5.10 Å². The largest absolute Gasteiger partial charge is 0.364 e. The van der Waals surface area contributed by atoms with Crippen molar-refractivity contribution in [1.82, 2.24) is 14.6 Å². The lowest BCUT2D eigenvalue weighted by Crippen LogP contribution is -2.48. The number of anilines is 1. The smallest absolute Gasteiger partial charge is 0.155 e. The fourth-order valence-corrected chi connectivity index (χ4v) is 1.63. The van der Waals surface area contributed by atoms with E-state index in [0.29, 0.717) is 13.1 Å². The molecule has 1 aliphatic heterocycles. The van der Waals surface area contributed by atoms with Crippen molar-refractivity contribution in [2.45, 2.75) is 6.17 Å². The summed E-state index contributed by atoms with van der Waals surface area (Å²) in [5.74, 6) is 0. The van der Waals surface area contributed by atoms with Crippen molar-refractivity contribution in [1.29, 1.82) is 0 Å². The van der Waals surface area contributed by atoms with E-state index in [1.54, 1.807) is 4.52 Å². The topological polar surface area (TPSA) is 33.4 Å². The zero-order valence-corrected chi connectivity index (χ0v) is 7.47. The van der Waals surface area contributed by atoms with Crippen LogP contribution in [0.25, 0.3) is 5.65 Å². The van der Waals surface area contributed by atoms with Crippen LogP contribution in [0.4, 0.5) is 10.1 Å². The van der Waals surface area contributed by atoms with E-state index in [0.717, 1.165) is 11.3 Å². The Balaban J connectivity index is 1.97. The molecule has 1 saturated heterocycles. The van der Waals surface area contributed by atoms with Crippen LogP contribution in [-0.2, 0) is 0 Å². The molecule has 0 bridgehead atoms. The lowest BCUT2D eigenvalue weighted by Gasteiger charge is -2.36. The van der Waals surface area contributed by atoms with E-state index in [1.165, 1.54) is 6.33 Å². The first kappa shape index (κ1) is 7.73. The fourth-order valence-electron chi connectivity index (χ4n) is 1.63. The van der Waals surface area contributed by atoms with Gasteiger partial charge in [0.1, 0.15) is 12.5 Å². The van der Waals surface area contributed by atoms with Crippen LogP contribution in [0.5, 0.6) is 0 Å². The molecule has 0 aliphatic carbocycles. The average Bonchev–Trinajstić information content (AvgIpc) is 2.59. The summed E-state index contributed by atoms with van der Waals surface area (Å²) < 4.78 is 14.3. The zero-order chi connectivity index (χ0) is 9.54. The Morgan fingerprint density at radius 2 is 2.21 bits per heavy atom. The molecule has 0 aromatic carbocycles. The van der Waals surface area contributed by atoms with Gasteiger partial charge in [0.2, 0.25) is 0 Å². The molecule has 0 unspecified atom stereocenters. The van der Waals surface area contributed by atoms with E-state index in [2.05, 4.69) is 10.1 Å². The summed E-state index contributed by atoms with van der Waals surface area (Å²) in [6.07, 6.45) is 2.70. The molecule has 0 N–H and O–H groups in total. The van der Waals surface area contributed by atoms with E-state index in [9.17, 15) is 4.39 Å².